The molecular formula is C30H35N2+. The Balaban J connectivity index is 1.78. The van der Waals surface area contributed by atoms with Crippen LogP contribution in [0.1, 0.15) is 61.5 Å². The molecule has 4 rings (SSSR count). The molecule has 1 N–H and O–H groups in total. The molecule has 164 valence electrons. The molecule has 1 heterocycles. The molecule has 3 aromatic carbocycles. The summed E-state index contributed by atoms with van der Waals surface area (Å²) in [4.78, 5) is 3.66. The third-order valence-electron chi connectivity index (χ3n) is 6.78. The Hall–Kier alpha value is -3.13. The van der Waals surface area contributed by atoms with E-state index in [1.165, 1.54) is 35.4 Å². The number of nitrogens with one attached hydrogen (secondary N) is 1. The molecule has 32 heavy (non-hydrogen) atoms. The zero-order chi connectivity index (χ0) is 22.2. The van der Waals surface area contributed by atoms with Crippen LogP contribution >= 0.6 is 0 Å². The van der Waals surface area contributed by atoms with Crippen LogP contribution in [0.2, 0.25) is 0 Å². The Labute approximate surface area is 193 Å². The molecule has 0 spiro atoms. The molecule has 0 radical (unpaired) electrons. The van der Waals surface area contributed by atoms with Gasteiger partial charge in [0.2, 0.25) is 0 Å². The first-order valence-electron chi connectivity index (χ1n) is 11.9. The van der Waals surface area contributed by atoms with E-state index < -0.39 is 0 Å². The van der Waals surface area contributed by atoms with Gasteiger partial charge < -0.3 is 0 Å². The molecule has 2 unspecified atom stereocenters. The van der Waals surface area contributed by atoms with Crippen molar-refractivity contribution >= 4 is 0 Å². The van der Waals surface area contributed by atoms with Crippen molar-refractivity contribution in [2.75, 3.05) is 0 Å². The predicted octanol–water partition coefficient (Wildman–Crippen LogP) is 6.82. The van der Waals surface area contributed by atoms with Gasteiger partial charge in [-0.3, -0.25) is 0 Å². The number of aromatic amines is 1. The number of rotatable bonds is 10. The summed E-state index contributed by atoms with van der Waals surface area (Å²) in [6, 6.07) is 32.8. The maximum Gasteiger partial charge on any atom is 0.258 e. The second-order valence-corrected chi connectivity index (χ2v) is 9.10. The van der Waals surface area contributed by atoms with Crippen molar-refractivity contribution in [2.45, 2.75) is 57.4 Å². The minimum atomic E-state index is -0.0267. The molecular weight excluding hydrogens is 388 g/mol. The van der Waals surface area contributed by atoms with Crippen LogP contribution < -0.4 is 4.57 Å². The van der Waals surface area contributed by atoms with Crippen molar-refractivity contribution < 1.29 is 4.57 Å². The molecule has 0 bridgehead atoms. The van der Waals surface area contributed by atoms with Crippen molar-refractivity contribution in [3.63, 3.8) is 0 Å². The van der Waals surface area contributed by atoms with Gasteiger partial charge in [0.15, 0.2) is 0 Å². The van der Waals surface area contributed by atoms with Crippen molar-refractivity contribution in [3.8, 4) is 0 Å². The van der Waals surface area contributed by atoms with E-state index in [0.29, 0.717) is 5.92 Å². The van der Waals surface area contributed by atoms with Gasteiger partial charge in [-0.05, 0) is 29.5 Å². The summed E-state index contributed by atoms with van der Waals surface area (Å²) in [7, 11) is 0. The second kappa shape index (κ2) is 10.5. The standard InChI is InChI=1S/C30H34N2/c1-3-4-20-28(29-31-21-22-32(29)24-26-16-10-6-11-17-26)30(2,27-18-12-7-13-19-27)23-25-14-8-5-9-15-25/h5-19,21-22,28H,3-4,20,23-24H2,1-2H3/p+1. The lowest BCUT2D eigenvalue weighted by Gasteiger charge is -2.37. The van der Waals surface area contributed by atoms with E-state index in [0.717, 1.165) is 19.4 Å². The number of H-pyrrole nitrogens is 1. The molecule has 1 aromatic heterocycles. The first-order valence-corrected chi connectivity index (χ1v) is 11.9. The fourth-order valence-corrected chi connectivity index (χ4v) is 5.03. The first kappa shape index (κ1) is 22.1. The highest BCUT2D eigenvalue weighted by atomic mass is 15.1. The predicted molar refractivity (Wildman–Crippen MR) is 133 cm³/mol. The lowest BCUT2D eigenvalue weighted by molar-refractivity contribution is -0.696. The van der Waals surface area contributed by atoms with Gasteiger partial charge in [-0.15, -0.1) is 0 Å². The Morgan fingerprint density at radius 2 is 1.41 bits per heavy atom. The van der Waals surface area contributed by atoms with Crippen LogP contribution in [0, 0.1) is 0 Å². The van der Waals surface area contributed by atoms with Crippen LogP contribution in [-0.4, -0.2) is 4.98 Å². The molecule has 0 aliphatic rings. The van der Waals surface area contributed by atoms with Gasteiger partial charge in [0.1, 0.15) is 18.9 Å². The molecule has 0 fully saturated rings. The van der Waals surface area contributed by atoms with E-state index in [1.807, 2.05) is 0 Å². The minimum Gasteiger partial charge on any atom is -0.247 e. The average molecular weight is 424 g/mol. The number of imidazole rings is 1. The number of benzene rings is 3. The highest BCUT2D eigenvalue weighted by Crippen LogP contribution is 2.43. The summed E-state index contributed by atoms with van der Waals surface area (Å²) in [6.07, 6.45) is 8.89. The monoisotopic (exact) mass is 423 g/mol. The zero-order valence-corrected chi connectivity index (χ0v) is 19.4. The molecule has 2 nitrogen and oxygen atoms in total. The van der Waals surface area contributed by atoms with Crippen molar-refractivity contribution in [2.24, 2.45) is 0 Å². The maximum atomic E-state index is 3.66. The summed E-state index contributed by atoms with van der Waals surface area (Å²) >= 11 is 0. The molecule has 2 atom stereocenters. The molecule has 0 saturated carbocycles. The zero-order valence-electron chi connectivity index (χ0n) is 19.4. The van der Waals surface area contributed by atoms with Crippen LogP contribution in [0.25, 0.3) is 0 Å². The summed E-state index contributed by atoms with van der Waals surface area (Å²) in [5.74, 6) is 1.70. The molecule has 0 amide bonds. The topological polar surface area (TPSA) is 19.7 Å². The van der Waals surface area contributed by atoms with Gasteiger partial charge in [-0.25, -0.2) is 9.55 Å². The van der Waals surface area contributed by atoms with Gasteiger partial charge in [0.05, 0.1) is 5.92 Å². The van der Waals surface area contributed by atoms with Crippen molar-refractivity contribution in [3.05, 3.63) is 126 Å². The first-order chi connectivity index (χ1) is 15.7. The third kappa shape index (κ3) is 5.02. The summed E-state index contributed by atoms with van der Waals surface area (Å²) in [6.45, 7) is 5.64. The van der Waals surface area contributed by atoms with Crippen LogP contribution in [0.4, 0.5) is 0 Å². The van der Waals surface area contributed by atoms with E-state index in [9.17, 15) is 0 Å². The number of hydrogen-bond donors (Lipinski definition) is 1. The number of hydrogen-bond acceptors (Lipinski definition) is 0. The summed E-state index contributed by atoms with van der Waals surface area (Å²) in [5.41, 5.74) is 4.10. The van der Waals surface area contributed by atoms with E-state index >= 15 is 0 Å². The average Bonchev–Trinajstić information content (AvgIpc) is 3.29. The molecule has 2 heteroatoms. The lowest BCUT2D eigenvalue weighted by atomic mass is 9.66. The van der Waals surface area contributed by atoms with Gasteiger partial charge in [-0.1, -0.05) is 118 Å². The number of aromatic nitrogens is 2. The van der Waals surface area contributed by atoms with Gasteiger partial charge in [-0.2, -0.15) is 0 Å². The lowest BCUT2D eigenvalue weighted by Crippen LogP contribution is -2.44. The van der Waals surface area contributed by atoms with Gasteiger partial charge >= 0.3 is 0 Å². The number of nitrogens with zero attached hydrogens (tertiary/aromatic N) is 1. The molecule has 0 aliphatic carbocycles. The Morgan fingerprint density at radius 1 is 0.812 bits per heavy atom. The second-order valence-electron chi connectivity index (χ2n) is 9.10. The number of unbranched alkanes of at least 4 members (excludes halogenated alkanes) is 1. The fraction of sp³-hybridized carbons (Fsp3) is 0.300. The summed E-state index contributed by atoms with van der Waals surface area (Å²) in [5, 5.41) is 0. The van der Waals surface area contributed by atoms with E-state index in [-0.39, 0.29) is 5.41 Å². The van der Waals surface area contributed by atoms with Crippen LogP contribution in [0.5, 0.6) is 0 Å². The van der Waals surface area contributed by atoms with Crippen LogP contribution in [0.15, 0.2) is 103 Å². The molecule has 0 saturated heterocycles. The Bertz CT molecular complexity index is 1070. The Kier molecular flexibility index (Phi) is 7.21. The van der Waals surface area contributed by atoms with Crippen LogP contribution in [-0.2, 0) is 18.4 Å². The normalized spacial score (nSPS) is 14.1. The van der Waals surface area contributed by atoms with E-state index in [2.05, 4.69) is 127 Å². The van der Waals surface area contributed by atoms with E-state index in [1.54, 1.807) is 0 Å². The highest BCUT2D eigenvalue weighted by molar-refractivity contribution is 5.32. The van der Waals surface area contributed by atoms with Gasteiger partial charge in [0.25, 0.3) is 5.82 Å². The maximum absolute atomic E-state index is 3.66. The van der Waals surface area contributed by atoms with Crippen molar-refractivity contribution in [1.82, 2.24) is 4.98 Å². The third-order valence-corrected chi connectivity index (χ3v) is 6.78. The van der Waals surface area contributed by atoms with Crippen LogP contribution in [0.3, 0.4) is 0 Å². The highest BCUT2D eigenvalue weighted by Gasteiger charge is 2.41. The minimum absolute atomic E-state index is 0.0267. The van der Waals surface area contributed by atoms with Gasteiger partial charge in [0, 0.05) is 5.41 Å². The SMILES string of the molecule is CCCCC(c1[nH]cc[n+]1Cc1ccccc1)C(C)(Cc1ccccc1)c1ccccc1. The fourth-order valence-electron chi connectivity index (χ4n) is 5.03. The Morgan fingerprint density at radius 3 is 2.03 bits per heavy atom. The molecule has 4 aromatic rings. The quantitative estimate of drug-likeness (QED) is 0.270. The largest absolute Gasteiger partial charge is 0.258 e. The van der Waals surface area contributed by atoms with Crippen molar-refractivity contribution in [1.29, 1.82) is 0 Å². The molecule has 0 aliphatic heterocycles. The smallest absolute Gasteiger partial charge is 0.247 e. The van der Waals surface area contributed by atoms with E-state index in [4.69, 9.17) is 0 Å². The summed E-state index contributed by atoms with van der Waals surface area (Å²) < 4.78 is 2.42.